The highest BCUT2D eigenvalue weighted by Crippen LogP contribution is 2.25. The molecule has 0 aliphatic rings. The predicted molar refractivity (Wildman–Crippen MR) is 116 cm³/mol. The van der Waals surface area contributed by atoms with Crippen molar-refractivity contribution in [2.45, 2.75) is 40.7 Å². The lowest BCUT2D eigenvalue weighted by molar-refractivity contribution is -0.150. The summed E-state index contributed by atoms with van der Waals surface area (Å²) in [5.74, 6) is -0.915. The predicted octanol–water partition coefficient (Wildman–Crippen LogP) is 3.70. The molecule has 1 aromatic heterocycles. The molecule has 0 atom stereocenters. The maximum absolute atomic E-state index is 11.4. The Kier molecular flexibility index (Phi) is 5.94. The molecule has 3 aromatic rings. The van der Waals surface area contributed by atoms with E-state index in [0.29, 0.717) is 6.54 Å². The van der Waals surface area contributed by atoms with Gasteiger partial charge in [-0.1, -0.05) is 35.5 Å². The van der Waals surface area contributed by atoms with Gasteiger partial charge in [-0.25, -0.2) is 0 Å². The van der Waals surface area contributed by atoms with Crippen LogP contribution in [0.5, 0.6) is 0 Å². The quantitative estimate of drug-likeness (QED) is 0.471. The Labute approximate surface area is 170 Å². The third kappa shape index (κ3) is 3.98. The number of aromatic nitrogens is 1. The Morgan fingerprint density at radius 3 is 2.59 bits per heavy atom. The van der Waals surface area contributed by atoms with Crippen LogP contribution in [-0.4, -0.2) is 28.8 Å². The van der Waals surface area contributed by atoms with Gasteiger partial charge in [0.25, 0.3) is 0 Å². The fourth-order valence-electron chi connectivity index (χ4n) is 3.41. The average molecular weight is 396 g/mol. The van der Waals surface area contributed by atoms with Gasteiger partial charge >= 0.3 is 5.97 Å². The van der Waals surface area contributed by atoms with Crippen molar-refractivity contribution >= 4 is 27.8 Å². The van der Waals surface area contributed by atoms with Gasteiger partial charge < -0.3 is 20.2 Å². The van der Waals surface area contributed by atoms with Crippen molar-refractivity contribution in [3.8, 4) is 0 Å². The third-order valence-electron chi connectivity index (χ3n) is 5.42. The number of carboxylic acids is 1. The molecule has 3 rings (SSSR count). The topological polar surface area (TPSA) is 89.8 Å². The number of para-hydroxylation sites is 1. The van der Waals surface area contributed by atoms with E-state index in [9.17, 15) is 9.90 Å². The van der Waals surface area contributed by atoms with Crippen LogP contribution in [0.25, 0.3) is 21.8 Å². The third-order valence-corrected chi connectivity index (χ3v) is 5.42. The highest BCUT2D eigenvalue weighted by Gasteiger charge is 2.28. The van der Waals surface area contributed by atoms with Crippen molar-refractivity contribution in [2.24, 2.45) is 16.3 Å². The van der Waals surface area contributed by atoms with E-state index in [2.05, 4.69) is 41.8 Å². The first-order valence-electron chi connectivity index (χ1n) is 9.89. The summed E-state index contributed by atoms with van der Waals surface area (Å²) in [5, 5.41) is 16.4. The maximum atomic E-state index is 11.4. The van der Waals surface area contributed by atoms with Crippen molar-refractivity contribution in [1.82, 2.24) is 4.57 Å². The summed E-state index contributed by atoms with van der Waals surface area (Å²) in [6.45, 7) is 8.88. The van der Waals surface area contributed by atoms with Crippen molar-refractivity contribution in [3.05, 3.63) is 52.9 Å². The van der Waals surface area contributed by atoms with Crippen LogP contribution in [-0.2, 0) is 16.2 Å². The fourth-order valence-corrected chi connectivity index (χ4v) is 3.41. The van der Waals surface area contributed by atoms with Gasteiger partial charge in [-0.2, -0.15) is 0 Å². The molecule has 6 nitrogen and oxygen atoms in total. The Bertz CT molecular complexity index is 1130. The van der Waals surface area contributed by atoms with E-state index < -0.39 is 11.4 Å². The number of carboxylic acid groups (broad SMARTS) is 1. The summed E-state index contributed by atoms with van der Waals surface area (Å²) in [5.41, 5.74) is 9.33. The Morgan fingerprint density at radius 2 is 1.90 bits per heavy atom. The number of pyridine rings is 1. The summed E-state index contributed by atoms with van der Waals surface area (Å²) < 4.78 is 2.31. The molecule has 0 aliphatic heterocycles. The lowest BCUT2D eigenvalue weighted by Crippen LogP contribution is -2.29. The van der Waals surface area contributed by atoms with Crippen molar-refractivity contribution in [1.29, 1.82) is 0 Å². The normalized spacial score (nSPS) is 12.7. The summed E-state index contributed by atoms with van der Waals surface area (Å²) in [7, 11) is 0. The van der Waals surface area contributed by atoms with Gasteiger partial charge in [0.1, 0.15) is 12.0 Å². The number of hydrogen-bond donors (Lipinski definition) is 2. The van der Waals surface area contributed by atoms with Gasteiger partial charge in [-0.15, -0.1) is 0 Å². The highest BCUT2D eigenvalue weighted by molar-refractivity contribution is 5.95. The molecule has 1 heterocycles. The van der Waals surface area contributed by atoms with E-state index in [1.807, 2.05) is 18.2 Å². The van der Waals surface area contributed by atoms with E-state index in [1.165, 1.54) is 11.1 Å². The van der Waals surface area contributed by atoms with E-state index in [0.717, 1.165) is 40.1 Å². The van der Waals surface area contributed by atoms with E-state index >= 15 is 0 Å². The SMILES string of the molecule is Cc1ccc2/c(=N/OCC(C)(C)C(=O)O)c3ccccc3n(CCCN)c2c1C. The van der Waals surface area contributed by atoms with Crippen LogP contribution >= 0.6 is 0 Å². The number of fused-ring (bicyclic) bond motifs is 2. The second-order valence-corrected chi connectivity index (χ2v) is 8.12. The van der Waals surface area contributed by atoms with Crippen LogP contribution in [0.15, 0.2) is 41.6 Å². The van der Waals surface area contributed by atoms with E-state index in [4.69, 9.17) is 10.6 Å². The monoisotopic (exact) mass is 395 g/mol. The molecule has 3 N–H and O–H groups in total. The van der Waals surface area contributed by atoms with Crippen LogP contribution in [0.4, 0.5) is 0 Å². The molecule has 6 heteroatoms. The summed E-state index contributed by atoms with van der Waals surface area (Å²) in [4.78, 5) is 16.9. The first-order chi connectivity index (χ1) is 13.8. The number of nitrogens with two attached hydrogens (primary N) is 1. The second-order valence-electron chi connectivity index (χ2n) is 8.12. The van der Waals surface area contributed by atoms with Crippen molar-refractivity contribution in [2.75, 3.05) is 13.2 Å². The number of aliphatic carboxylic acids is 1. The highest BCUT2D eigenvalue weighted by atomic mass is 16.6. The van der Waals surface area contributed by atoms with Crippen LogP contribution in [0.3, 0.4) is 0 Å². The van der Waals surface area contributed by atoms with Gasteiger partial charge in [0.05, 0.1) is 16.4 Å². The molecule has 154 valence electrons. The number of hydrogen-bond acceptors (Lipinski definition) is 4. The molecule has 0 amide bonds. The van der Waals surface area contributed by atoms with Crippen LogP contribution < -0.4 is 11.1 Å². The second kappa shape index (κ2) is 8.25. The maximum Gasteiger partial charge on any atom is 0.312 e. The minimum atomic E-state index is -1.02. The van der Waals surface area contributed by atoms with Crippen LogP contribution in [0.2, 0.25) is 0 Å². The van der Waals surface area contributed by atoms with Gasteiger partial charge in [-0.05, 0) is 57.9 Å². The van der Waals surface area contributed by atoms with Gasteiger partial charge in [0.15, 0.2) is 0 Å². The summed E-state index contributed by atoms with van der Waals surface area (Å²) >= 11 is 0. The average Bonchev–Trinajstić information content (AvgIpc) is 2.69. The molecule has 0 fully saturated rings. The zero-order valence-corrected chi connectivity index (χ0v) is 17.5. The summed E-state index contributed by atoms with van der Waals surface area (Å²) in [6.07, 6.45) is 0.872. The lowest BCUT2D eigenvalue weighted by atomic mass is 9.96. The standard InChI is InChI=1S/C23H29N3O3/c1-15-10-11-18-20(25-29-14-23(3,4)22(27)28)17-8-5-6-9-19(17)26(13-7-12-24)21(18)16(15)2/h5-6,8-11H,7,12-14,24H2,1-4H3,(H,27,28)/b25-20+. The zero-order chi connectivity index (χ0) is 21.2. The van der Waals surface area contributed by atoms with Crippen LogP contribution in [0, 0.1) is 19.3 Å². The molecule has 29 heavy (non-hydrogen) atoms. The molecule has 0 aliphatic carbocycles. The molecule has 0 saturated heterocycles. The molecule has 0 bridgehead atoms. The molecular weight excluding hydrogens is 366 g/mol. The van der Waals surface area contributed by atoms with E-state index in [1.54, 1.807) is 13.8 Å². The van der Waals surface area contributed by atoms with E-state index in [-0.39, 0.29) is 6.61 Å². The van der Waals surface area contributed by atoms with Gasteiger partial charge in [-0.3, -0.25) is 4.79 Å². The number of nitrogens with zero attached hydrogens (tertiary/aromatic N) is 2. The largest absolute Gasteiger partial charge is 0.481 e. The zero-order valence-electron chi connectivity index (χ0n) is 17.5. The molecular formula is C23H29N3O3. The van der Waals surface area contributed by atoms with Gasteiger partial charge in [0.2, 0.25) is 0 Å². The Balaban J connectivity index is 2.30. The smallest absolute Gasteiger partial charge is 0.312 e. The Morgan fingerprint density at radius 1 is 1.17 bits per heavy atom. The number of rotatable bonds is 7. The number of aryl methyl sites for hydroxylation is 3. The minimum Gasteiger partial charge on any atom is -0.481 e. The van der Waals surface area contributed by atoms with Crippen molar-refractivity contribution < 1.29 is 14.7 Å². The Hall–Kier alpha value is -2.86. The number of carbonyl (C=O) groups is 1. The molecule has 0 radical (unpaired) electrons. The van der Waals surface area contributed by atoms with Crippen LogP contribution in [0.1, 0.15) is 31.4 Å². The molecule has 2 aromatic carbocycles. The number of benzene rings is 2. The lowest BCUT2D eigenvalue weighted by Gasteiger charge is -2.19. The minimum absolute atomic E-state index is 0.00886. The molecule has 0 spiro atoms. The fraction of sp³-hybridized carbons (Fsp3) is 0.391. The van der Waals surface area contributed by atoms with Gasteiger partial charge in [0, 0.05) is 17.3 Å². The first-order valence-corrected chi connectivity index (χ1v) is 9.89. The first kappa shape index (κ1) is 20.9. The van der Waals surface area contributed by atoms with Crippen molar-refractivity contribution in [3.63, 3.8) is 0 Å². The molecule has 0 saturated carbocycles. The molecule has 0 unspecified atom stereocenters. The summed E-state index contributed by atoms with van der Waals surface area (Å²) in [6, 6.07) is 12.2.